The van der Waals surface area contributed by atoms with E-state index < -0.39 is 12.0 Å². The topological polar surface area (TPSA) is 75.6 Å². The van der Waals surface area contributed by atoms with Crippen molar-refractivity contribution in [2.75, 3.05) is 6.54 Å². The van der Waals surface area contributed by atoms with E-state index in [1.54, 1.807) is 0 Å². The molecule has 0 aromatic rings. The van der Waals surface area contributed by atoms with Crippen molar-refractivity contribution in [3.63, 3.8) is 0 Å². The second-order valence-electron chi connectivity index (χ2n) is 4.87. The Bertz CT molecular complexity index is 287. The van der Waals surface area contributed by atoms with Crippen LogP contribution in [0.5, 0.6) is 0 Å². The average Bonchev–Trinajstić information content (AvgIpc) is 2.77. The Balaban J connectivity index is 2.41. The summed E-state index contributed by atoms with van der Waals surface area (Å²) in [6.07, 6.45) is 3.67. The Labute approximate surface area is 108 Å². The molecule has 0 aromatic heterocycles. The fourth-order valence-electron chi connectivity index (χ4n) is 2.32. The molecule has 0 bridgehead atoms. The van der Waals surface area contributed by atoms with Crippen LogP contribution in [-0.4, -0.2) is 35.7 Å². The van der Waals surface area contributed by atoms with Gasteiger partial charge in [0.2, 0.25) is 0 Å². The molecule has 2 atom stereocenters. The van der Waals surface area contributed by atoms with Crippen LogP contribution in [0.3, 0.4) is 0 Å². The summed E-state index contributed by atoms with van der Waals surface area (Å²) in [6, 6.07) is -0.585. The maximum Gasteiger partial charge on any atom is 0.320 e. The summed E-state index contributed by atoms with van der Waals surface area (Å²) in [5, 5.41) is 11.7. The number of ether oxygens (including phenoxy) is 1. The number of esters is 1. The van der Waals surface area contributed by atoms with Gasteiger partial charge in [0.25, 0.3) is 0 Å². The minimum atomic E-state index is -0.882. The van der Waals surface area contributed by atoms with Crippen molar-refractivity contribution in [2.24, 2.45) is 5.92 Å². The molecule has 1 unspecified atom stereocenters. The molecule has 2 N–H and O–H groups in total. The average molecular weight is 257 g/mol. The zero-order chi connectivity index (χ0) is 13.5. The van der Waals surface area contributed by atoms with Crippen LogP contribution in [0.4, 0.5) is 0 Å². The molecule has 104 valence electrons. The van der Waals surface area contributed by atoms with Gasteiger partial charge in [-0.2, -0.15) is 0 Å². The molecule has 18 heavy (non-hydrogen) atoms. The summed E-state index contributed by atoms with van der Waals surface area (Å²) in [5.74, 6) is -1.09. The largest absolute Gasteiger partial charge is 0.480 e. The summed E-state index contributed by atoms with van der Waals surface area (Å²) < 4.78 is 5.39. The minimum absolute atomic E-state index is 0.0381. The molecule has 0 aromatic carbocycles. The maximum atomic E-state index is 12.0. The molecule has 0 amide bonds. The van der Waals surface area contributed by atoms with Crippen molar-refractivity contribution in [3.8, 4) is 0 Å². The quantitative estimate of drug-likeness (QED) is 0.677. The lowest BCUT2D eigenvalue weighted by Crippen LogP contribution is -2.30. The second kappa shape index (κ2) is 7.36. The van der Waals surface area contributed by atoms with E-state index in [0.717, 1.165) is 25.7 Å². The van der Waals surface area contributed by atoms with Crippen molar-refractivity contribution in [2.45, 2.75) is 58.1 Å². The lowest BCUT2D eigenvalue weighted by molar-refractivity contribution is -0.154. The fourth-order valence-corrected chi connectivity index (χ4v) is 2.32. The van der Waals surface area contributed by atoms with E-state index in [4.69, 9.17) is 9.84 Å². The number of carbonyl (C=O) groups is 2. The van der Waals surface area contributed by atoms with Gasteiger partial charge >= 0.3 is 11.9 Å². The van der Waals surface area contributed by atoms with Gasteiger partial charge in [-0.15, -0.1) is 0 Å². The van der Waals surface area contributed by atoms with E-state index in [2.05, 4.69) is 5.32 Å². The molecule has 0 aliphatic carbocycles. The summed E-state index contributed by atoms with van der Waals surface area (Å²) >= 11 is 0. The van der Waals surface area contributed by atoms with Crippen molar-refractivity contribution >= 4 is 11.9 Å². The number of carboxylic acids is 1. The van der Waals surface area contributed by atoms with Crippen LogP contribution in [0.15, 0.2) is 0 Å². The Kier molecular flexibility index (Phi) is 6.12. The van der Waals surface area contributed by atoms with Gasteiger partial charge in [0.1, 0.15) is 12.1 Å². The zero-order valence-electron chi connectivity index (χ0n) is 11.1. The van der Waals surface area contributed by atoms with Crippen molar-refractivity contribution < 1.29 is 19.4 Å². The van der Waals surface area contributed by atoms with Crippen LogP contribution in [0.25, 0.3) is 0 Å². The molecule has 0 radical (unpaired) electrons. The normalized spacial score (nSPS) is 23.3. The molecule has 1 saturated heterocycles. The van der Waals surface area contributed by atoms with Gasteiger partial charge in [-0.25, -0.2) is 0 Å². The van der Waals surface area contributed by atoms with Gasteiger partial charge in [0.15, 0.2) is 0 Å². The highest BCUT2D eigenvalue weighted by Gasteiger charge is 2.32. The molecule has 1 rings (SSSR count). The Morgan fingerprint density at radius 1 is 1.33 bits per heavy atom. The molecule has 1 aliphatic heterocycles. The predicted octanol–water partition coefficient (Wildman–Crippen LogP) is 1.56. The lowest BCUT2D eigenvalue weighted by Gasteiger charge is -2.17. The van der Waals surface area contributed by atoms with Crippen LogP contribution in [0.2, 0.25) is 0 Å². The Hall–Kier alpha value is -1.10. The van der Waals surface area contributed by atoms with Gasteiger partial charge in [-0.05, 0) is 12.8 Å². The highest BCUT2D eigenvalue weighted by molar-refractivity contribution is 5.75. The monoisotopic (exact) mass is 257 g/mol. The molecule has 0 spiro atoms. The molecular weight excluding hydrogens is 234 g/mol. The predicted molar refractivity (Wildman–Crippen MR) is 67.2 cm³/mol. The molecule has 5 heteroatoms. The SMILES string of the molecule is CCCC(CCC)C(=O)O[C@H]1CNC(C(=O)O)C1. The Morgan fingerprint density at radius 3 is 2.39 bits per heavy atom. The van der Waals surface area contributed by atoms with Crippen molar-refractivity contribution in [1.82, 2.24) is 5.32 Å². The standard InChI is InChI=1S/C13H23NO4/c1-3-5-9(6-4-2)13(17)18-10-7-11(12(15)16)14-8-10/h9-11,14H,3-8H2,1-2H3,(H,15,16)/t10-,11?/m1/s1. The first-order chi connectivity index (χ1) is 8.58. The number of nitrogens with one attached hydrogen (secondary N) is 1. The first kappa shape index (κ1) is 15.0. The number of carboxylic acid groups (broad SMARTS) is 1. The van der Waals surface area contributed by atoms with E-state index in [0.29, 0.717) is 13.0 Å². The van der Waals surface area contributed by atoms with Crippen LogP contribution < -0.4 is 5.32 Å². The van der Waals surface area contributed by atoms with Gasteiger partial charge in [-0.3, -0.25) is 9.59 Å². The molecular formula is C13H23NO4. The van der Waals surface area contributed by atoms with Crippen molar-refractivity contribution in [1.29, 1.82) is 0 Å². The molecule has 1 fully saturated rings. The first-order valence-corrected chi connectivity index (χ1v) is 6.75. The summed E-state index contributed by atoms with van der Waals surface area (Å²) in [6.45, 7) is 4.54. The number of carbonyl (C=O) groups excluding carboxylic acids is 1. The molecule has 0 saturated carbocycles. The highest BCUT2D eigenvalue weighted by Crippen LogP contribution is 2.19. The molecule has 5 nitrogen and oxygen atoms in total. The smallest absolute Gasteiger partial charge is 0.320 e. The summed E-state index contributed by atoms with van der Waals surface area (Å²) in [7, 11) is 0. The third kappa shape index (κ3) is 4.29. The minimum Gasteiger partial charge on any atom is -0.480 e. The zero-order valence-corrected chi connectivity index (χ0v) is 11.1. The fraction of sp³-hybridized carbons (Fsp3) is 0.846. The van der Waals surface area contributed by atoms with Crippen LogP contribution in [0, 0.1) is 5.92 Å². The summed E-state index contributed by atoms with van der Waals surface area (Å²) in [4.78, 5) is 22.7. The highest BCUT2D eigenvalue weighted by atomic mass is 16.5. The number of hydrogen-bond donors (Lipinski definition) is 2. The summed E-state index contributed by atoms with van der Waals surface area (Å²) in [5.41, 5.74) is 0. The van der Waals surface area contributed by atoms with Gasteiger partial charge in [0, 0.05) is 13.0 Å². The van der Waals surface area contributed by atoms with Crippen LogP contribution >= 0.6 is 0 Å². The first-order valence-electron chi connectivity index (χ1n) is 6.75. The number of rotatable bonds is 7. The van der Waals surface area contributed by atoms with Crippen LogP contribution in [0.1, 0.15) is 46.0 Å². The van der Waals surface area contributed by atoms with E-state index in [1.807, 2.05) is 13.8 Å². The number of hydrogen-bond acceptors (Lipinski definition) is 4. The maximum absolute atomic E-state index is 12.0. The molecule has 1 aliphatic rings. The second-order valence-corrected chi connectivity index (χ2v) is 4.87. The van der Waals surface area contributed by atoms with E-state index in [9.17, 15) is 9.59 Å². The van der Waals surface area contributed by atoms with E-state index in [1.165, 1.54) is 0 Å². The van der Waals surface area contributed by atoms with E-state index >= 15 is 0 Å². The van der Waals surface area contributed by atoms with E-state index in [-0.39, 0.29) is 18.0 Å². The lowest BCUT2D eigenvalue weighted by atomic mass is 9.98. The number of aliphatic carboxylic acids is 1. The van der Waals surface area contributed by atoms with Gasteiger partial charge in [-0.1, -0.05) is 26.7 Å². The molecule has 1 heterocycles. The van der Waals surface area contributed by atoms with Crippen molar-refractivity contribution in [3.05, 3.63) is 0 Å². The third-order valence-electron chi connectivity index (χ3n) is 3.28. The van der Waals surface area contributed by atoms with Gasteiger partial charge in [0.05, 0.1) is 5.92 Å². The third-order valence-corrected chi connectivity index (χ3v) is 3.28. The Morgan fingerprint density at radius 2 is 1.94 bits per heavy atom. The van der Waals surface area contributed by atoms with Gasteiger partial charge < -0.3 is 15.2 Å². The van der Waals surface area contributed by atoms with Crippen LogP contribution in [-0.2, 0) is 14.3 Å².